The molecule has 0 unspecified atom stereocenters. The molecule has 0 fully saturated rings. The van der Waals surface area contributed by atoms with E-state index in [-0.39, 0.29) is 5.56 Å². The summed E-state index contributed by atoms with van der Waals surface area (Å²) in [5, 5.41) is 11.5. The number of nitrogens with zero attached hydrogens (tertiary/aromatic N) is 3. The maximum atomic E-state index is 12.3. The van der Waals surface area contributed by atoms with E-state index < -0.39 is 5.56 Å². The molecule has 0 radical (unpaired) electrons. The summed E-state index contributed by atoms with van der Waals surface area (Å²) in [4.78, 5) is 16.9. The first-order valence-electron chi connectivity index (χ1n) is 7.35. The predicted octanol–water partition coefficient (Wildman–Crippen LogP) is 3.96. The molecular formula is C19H11N3OS. The van der Waals surface area contributed by atoms with Crippen molar-refractivity contribution in [1.82, 2.24) is 9.38 Å². The van der Waals surface area contributed by atoms with Gasteiger partial charge in [0.2, 0.25) is 0 Å². The Bertz CT molecular complexity index is 1120. The molecule has 0 N–H and O–H groups in total. The van der Waals surface area contributed by atoms with Gasteiger partial charge in [0, 0.05) is 10.9 Å². The fourth-order valence-corrected chi connectivity index (χ4v) is 3.63. The summed E-state index contributed by atoms with van der Waals surface area (Å²) in [6.07, 6.45) is 0. The minimum Gasteiger partial charge on any atom is -0.283 e. The molecule has 0 aliphatic carbocycles. The third kappa shape index (κ3) is 2.21. The Morgan fingerprint density at radius 3 is 2.21 bits per heavy atom. The van der Waals surface area contributed by atoms with E-state index in [2.05, 4.69) is 4.98 Å². The maximum Gasteiger partial charge on any atom is 0.292 e. The topological polar surface area (TPSA) is 58.2 Å². The summed E-state index contributed by atoms with van der Waals surface area (Å²) < 4.78 is 1.90. The number of fused-ring (bicyclic) bond motifs is 1. The minimum atomic E-state index is -0.488. The summed E-state index contributed by atoms with van der Waals surface area (Å²) in [5.74, 6) is 0. The van der Waals surface area contributed by atoms with Gasteiger partial charge < -0.3 is 0 Å². The molecule has 5 heteroatoms. The lowest BCUT2D eigenvalue weighted by molar-refractivity contribution is 1.10. The molecular weight excluding hydrogens is 318 g/mol. The van der Waals surface area contributed by atoms with E-state index in [0.717, 1.165) is 16.8 Å². The highest BCUT2D eigenvalue weighted by Crippen LogP contribution is 2.31. The van der Waals surface area contributed by atoms with E-state index >= 15 is 0 Å². The highest BCUT2D eigenvalue weighted by molar-refractivity contribution is 7.15. The van der Waals surface area contributed by atoms with Gasteiger partial charge in [0.15, 0.2) is 4.96 Å². The first-order chi connectivity index (χ1) is 11.8. The van der Waals surface area contributed by atoms with E-state index in [1.54, 1.807) is 0 Å². The SMILES string of the molecule is N#Cc1c(-c2ccccc2)n2c(-c3ccccc3)csc2nc1=O. The fraction of sp³-hybridized carbons (Fsp3) is 0. The second-order valence-electron chi connectivity index (χ2n) is 5.22. The molecule has 2 aromatic carbocycles. The molecule has 0 amide bonds. The molecule has 4 nitrogen and oxygen atoms in total. The summed E-state index contributed by atoms with van der Waals surface area (Å²) in [6.45, 7) is 0. The summed E-state index contributed by atoms with van der Waals surface area (Å²) in [6, 6.07) is 21.4. The zero-order valence-corrected chi connectivity index (χ0v) is 13.3. The second-order valence-corrected chi connectivity index (χ2v) is 6.06. The zero-order valence-electron chi connectivity index (χ0n) is 12.5. The van der Waals surface area contributed by atoms with Gasteiger partial charge in [-0.25, -0.2) is 0 Å². The van der Waals surface area contributed by atoms with Crippen LogP contribution in [0.2, 0.25) is 0 Å². The number of hydrogen-bond donors (Lipinski definition) is 0. The van der Waals surface area contributed by atoms with Crippen LogP contribution in [-0.2, 0) is 0 Å². The standard InChI is InChI=1S/C19H11N3OS/c20-11-15-17(14-9-5-2-6-10-14)22-16(13-7-3-1-4-8-13)12-24-19(22)21-18(15)23/h1-10,12H. The average molecular weight is 329 g/mol. The van der Waals surface area contributed by atoms with Crippen LogP contribution in [0.4, 0.5) is 0 Å². The van der Waals surface area contributed by atoms with Gasteiger partial charge in [-0.15, -0.1) is 11.3 Å². The smallest absolute Gasteiger partial charge is 0.283 e. The minimum absolute atomic E-state index is 0.0641. The van der Waals surface area contributed by atoms with Crippen molar-refractivity contribution in [3.63, 3.8) is 0 Å². The predicted molar refractivity (Wildman–Crippen MR) is 94.9 cm³/mol. The Morgan fingerprint density at radius 1 is 0.958 bits per heavy atom. The molecule has 0 spiro atoms. The Kier molecular flexibility index (Phi) is 3.45. The van der Waals surface area contributed by atoms with Crippen molar-refractivity contribution < 1.29 is 0 Å². The van der Waals surface area contributed by atoms with Crippen LogP contribution < -0.4 is 5.56 Å². The van der Waals surface area contributed by atoms with Crippen molar-refractivity contribution in [3.05, 3.63) is 82.0 Å². The van der Waals surface area contributed by atoms with Gasteiger partial charge in [-0.3, -0.25) is 9.20 Å². The Morgan fingerprint density at radius 2 is 1.58 bits per heavy atom. The van der Waals surface area contributed by atoms with Crippen LogP contribution in [0.25, 0.3) is 27.5 Å². The fourth-order valence-electron chi connectivity index (χ4n) is 2.74. The first-order valence-corrected chi connectivity index (χ1v) is 8.23. The van der Waals surface area contributed by atoms with Crippen molar-refractivity contribution >= 4 is 16.3 Å². The molecule has 0 aliphatic rings. The Labute approximate surface area is 141 Å². The first kappa shape index (κ1) is 14.4. The number of hydrogen-bond acceptors (Lipinski definition) is 4. The van der Waals surface area contributed by atoms with Crippen LogP contribution in [0.3, 0.4) is 0 Å². The lowest BCUT2D eigenvalue weighted by Crippen LogP contribution is -2.15. The quantitative estimate of drug-likeness (QED) is 0.559. The number of nitriles is 1. The molecule has 0 atom stereocenters. The molecule has 24 heavy (non-hydrogen) atoms. The van der Waals surface area contributed by atoms with Gasteiger partial charge in [-0.1, -0.05) is 60.7 Å². The van der Waals surface area contributed by atoms with E-state index in [9.17, 15) is 10.1 Å². The molecule has 0 saturated heterocycles. The van der Waals surface area contributed by atoms with Crippen LogP contribution in [0.15, 0.2) is 70.8 Å². The largest absolute Gasteiger partial charge is 0.292 e. The lowest BCUT2D eigenvalue weighted by Gasteiger charge is -2.10. The Balaban J connectivity index is 2.17. The molecule has 114 valence electrons. The highest BCUT2D eigenvalue weighted by atomic mass is 32.1. The highest BCUT2D eigenvalue weighted by Gasteiger charge is 2.18. The van der Waals surface area contributed by atoms with Gasteiger partial charge >= 0.3 is 0 Å². The number of benzene rings is 2. The molecule has 0 aliphatic heterocycles. The van der Waals surface area contributed by atoms with Gasteiger partial charge in [-0.05, 0) is 5.56 Å². The van der Waals surface area contributed by atoms with E-state index in [0.29, 0.717) is 10.7 Å². The van der Waals surface area contributed by atoms with Crippen molar-refractivity contribution in [2.24, 2.45) is 0 Å². The average Bonchev–Trinajstić information content (AvgIpc) is 3.05. The van der Waals surface area contributed by atoms with Crippen molar-refractivity contribution in [2.45, 2.75) is 0 Å². The van der Waals surface area contributed by atoms with Crippen LogP contribution in [0, 0.1) is 11.3 Å². The van der Waals surface area contributed by atoms with Gasteiger partial charge in [0.1, 0.15) is 11.6 Å². The van der Waals surface area contributed by atoms with E-state index in [1.807, 2.05) is 76.5 Å². The molecule has 2 aromatic heterocycles. The van der Waals surface area contributed by atoms with E-state index in [1.165, 1.54) is 11.3 Å². The third-order valence-corrected chi connectivity index (χ3v) is 4.63. The summed E-state index contributed by atoms with van der Waals surface area (Å²) in [7, 11) is 0. The van der Waals surface area contributed by atoms with Crippen molar-refractivity contribution in [2.75, 3.05) is 0 Å². The van der Waals surface area contributed by atoms with Crippen LogP contribution in [0.1, 0.15) is 5.56 Å². The van der Waals surface area contributed by atoms with Crippen molar-refractivity contribution in [3.8, 4) is 28.6 Å². The molecule has 4 rings (SSSR count). The van der Waals surface area contributed by atoms with Crippen LogP contribution >= 0.6 is 11.3 Å². The van der Waals surface area contributed by atoms with Gasteiger partial charge in [0.25, 0.3) is 5.56 Å². The molecule has 4 aromatic rings. The van der Waals surface area contributed by atoms with Crippen molar-refractivity contribution in [1.29, 1.82) is 5.26 Å². The van der Waals surface area contributed by atoms with E-state index in [4.69, 9.17) is 0 Å². The third-order valence-electron chi connectivity index (χ3n) is 3.81. The maximum absolute atomic E-state index is 12.3. The monoisotopic (exact) mass is 329 g/mol. The number of aromatic nitrogens is 2. The van der Waals surface area contributed by atoms with Crippen LogP contribution in [0.5, 0.6) is 0 Å². The number of thiazole rings is 1. The lowest BCUT2D eigenvalue weighted by atomic mass is 10.1. The Hall–Kier alpha value is -3.23. The number of rotatable bonds is 2. The normalized spacial score (nSPS) is 10.6. The van der Waals surface area contributed by atoms with Gasteiger partial charge in [0.05, 0.1) is 11.4 Å². The second kappa shape index (κ2) is 5.76. The van der Waals surface area contributed by atoms with Crippen LogP contribution in [-0.4, -0.2) is 9.38 Å². The molecule has 0 saturated carbocycles. The summed E-state index contributed by atoms with van der Waals surface area (Å²) in [5.41, 5.74) is 2.91. The zero-order chi connectivity index (χ0) is 16.5. The molecule has 2 heterocycles. The molecule has 0 bridgehead atoms. The van der Waals surface area contributed by atoms with Gasteiger partial charge in [-0.2, -0.15) is 10.2 Å². The summed E-state index contributed by atoms with van der Waals surface area (Å²) >= 11 is 1.39.